The number of hydrogen-bond acceptors (Lipinski definition) is 1. The van der Waals surface area contributed by atoms with Crippen LogP contribution in [-0.4, -0.2) is 11.2 Å². The van der Waals surface area contributed by atoms with E-state index < -0.39 is 0 Å². The van der Waals surface area contributed by atoms with Gasteiger partial charge in [0.2, 0.25) is 0 Å². The summed E-state index contributed by atoms with van der Waals surface area (Å²) in [5.74, 6) is 3.83. The van der Waals surface area contributed by atoms with E-state index in [0.29, 0.717) is 11.8 Å². The Morgan fingerprint density at radius 2 is 1.78 bits per heavy atom. The molecule has 23 heavy (non-hydrogen) atoms. The van der Waals surface area contributed by atoms with Gasteiger partial charge in [-0.05, 0) is 87.9 Å². The third-order valence-electron chi connectivity index (χ3n) is 6.86. The van der Waals surface area contributed by atoms with Gasteiger partial charge >= 0.3 is 0 Å². The Balaban J connectivity index is 0.00000192. The van der Waals surface area contributed by atoms with Crippen LogP contribution in [0.1, 0.15) is 71.1 Å². The maximum atomic E-state index is 10.4. The Labute approximate surface area is 168 Å². The summed E-state index contributed by atoms with van der Waals surface area (Å²) in [5.41, 5.74) is 1.59. The van der Waals surface area contributed by atoms with Crippen molar-refractivity contribution in [1.29, 1.82) is 0 Å². The number of aliphatic hydroxyl groups is 1. The fourth-order valence-corrected chi connectivity index (χ4v) is 5.28. The Morgan fingerprint density at radius 3 is 2.35 bits per heavy atom. The zero-order chi connectivity index (χ0) is 15.5. The standard InChI is InChI=1S/C21H34O.Y/c1-3-16-5-7-17(8-6-16)18-9-11-19(12-10-18)20-13-4-15(2)14-21(20)22;/h3,11,15-18,20-22H,1,4-10,12-14H2,2H3;. The van der Waals surface area contributed by atoms with Crippen LogP contribution in [0.2, 0.25) is 0 Å². The second kappa shape index (κ2) is 9.30. The molecular formula is C21H34OY. The SMILES string of the molecule is C=CC1CCC(C2CC=C(C3CCC(C)CC3O)CC2)CC1.[Y]. The average molecular weight is 391 g/mol. The molecule has 0 aliphatic heterocycles. The third-order valence-corrected chi connectivity index (χ3v) is 6.86. The van der Waals surface area contributed by atoms with Gasteiger partial charge in [-0.2, -0.15) is 0 Å². The van der Waals surface area contributed by atoms with E-state index >= 15 is 0 Å². The van der Waals surface area contributed by atoms with Crippen LogP contribution in [-0.2, 0) is 32.7 Å². The molecule has 0 saturated heterocycles. The molecule has 3 aliphatic rings. The van der Waals surface area contributed by atoms with E-state index in [2.05, 4.69) is 25.7 Å². The summed E-state index contributed by atoms with van der Waals surface area (Å²) in [6.07, 6.45) is 17.6. The summed E-state index contributed by atoms with van der Waals surface area (Å²) in [5, 5.41) is 10.4. The second-order valence-electron chi connectivity index (χ2n) is 8.32. The Hall–Kier alpha value is 0.544. The molecule has 2 saturated carbocycles. The fraction of sp³-hybridized carbons (Fsp3) is 0.810. The largest absolute Gasteiger partial charge is 0.392 e. The molecule has 0 amide bonds. The summed E-state index contributed by atoms with van der Waals surface area (Å²) in [6, 6.07) is 0. The van der Waals surface area contributed by atoms with Crippen molar-refractivity contribution in [2.24, 2.45) is 29.6 Å². The molecule has 4 atom stereocenters. The van der Waals surface area contributed by atoms with Crippen LogP contribution in [0.3, 0.4) is 0 Å². The zero-order valence-corrected chi connectivity index (χ0v) is 17.8. The normalized spacial score (nSPS) is 41.6. The quantitative estimate of drug-likeness (QED) is 0.630. The molecule has 127 valence electrons. The minimum absolute atomic E-state index is 0. The van der Waals surface area contributed by atoms with E-state index in [1.807, 2.05) is 0 Å². The fourth-order valence-electron chi connectivity index (χ4n) is 5.28. The van der Waals surface area contributed by atoms with E-state index in [1.165, 1.54) is 57.8 Å². The molecule has 0 aromatic carbocycles. The van der Waals surface area contributed by atoms with Gasteiger partial charge in [0.25, 0.3) is 0 Å². The molecule has 1 N–H and O–H groups in total. The molecule has 0 aromatic rings. The predicted octanol–water partition coefficient (Wildman–Crippen LogP) is 5.50. The second-order valence-corrected chi connectivity index (χ2v) is 8.32. The summed E-state index contributed by atoms with van der Waals surface area (Å²) >= 11 is 0. The number of rotatable bonds is 3. The van der Waals surface area contributed by atoms with Gasteiger partial charge in [0, 0.05) is 38.6 Å². The molecule has 0 bridgehead atoms. The minimum Gasteiger partial charge on any atom is -0.392 e. The molecular weight excluding hydrogens is 357 g/mol. The predicted molar refractivity (Wildman–Crippen MR) is 93.6 cm³/mol. The van der Waals surface area contributed by atoms with Crippen molar-refractivity contribution in [3.05, 3.63) is 24.3 Å². The van der Waals surface area contributed by atoms with E-state index in [0.717, 1.165) is 24.2 Å². The van der Waals surface area contributed by atoms with Gasteiger partial charge in [0.15, 0.2) is 0 Å². The first-order valence-corrected chi connectivity index (χ1v) is 9.67. The molecule has 2 fully saturated rings. The van der Waals surface area contributed by atoms with Crippen LogP contribution < -0.4 is 0 Å². The molecule has 3 rings (SSSR count). The van der Waals surface area contributed by atoms with Crippen molar-refractivity contribution in [3.8, 4) is 0 Å². The maximum absolute atomic E-state index is 10.4. The van der Waals surface area contributed by atoms with Crippen molar-refractivity contribution in [2.75, 3.05) is 0 Å². The van der Waals surface area contributed by atoms with Gasteiger partial charge in [-0.15, -0.1) is 6.58 Å². The molecule has 3 aliphatic carbocycles. The maximum Gasteiger partial charge on any atom is 0.0608 e. The van der Waals surface area contributed by atoms with Gasteiger partial charge in [0.1, 0.15) is 0 Å². The first-order valence-electron chi connectivity index (χ1n) is 9.67. The summed E-state index contributed by atoms with van der Waals surface area (Å²) in [7, 11) is 0. The summed E-state index contributed by atoms with van der Waals surface area (Å²) in [4.78, 5) is 0. The summed E-state index contributed by atoms with van der Waals surface area (Å²) in [6.45, 7) is 6.24. The van der Waals surface area contributed by atoms with Crippen molar-refractivity contribution in [1.82, 2.24) is 0 Å². The van der Waals surface area contributed by atoms with Crippen LogP contribution in [0.4, 0.5) is 0 Å². The first kappa shape index (κ1) is 19.9. The molecule has 0 aromatic heterocycles. The van der Waals surface area contributed by atoms with E-state index in [4.69, 9.17) is 0 Å². The molecule has 0 spiro atoms. The smallest absolute Gasteiger partial charge is 0.0608 e. The van der Waals surface area contributed by atoms with Crippen LogP contribution in [0, 0.1) is 29.6 Å². The van der Waals surface area contributed by atoms with Gasteiger partial charge in [0.05, 0.1) is 6.10 Å². The van der Waals surface area contributed by atoms with E-state index in [1.54, 1.807) is 5.57 Å². The molecule has 4 unspecified atom stereocenters. The van der Waals surface area contributed by atoms with Gasteiger partial charge < -0.3 is 5.11 Å². The van der Waals surface area contributed by atoms with Gasteiger partial charge in [-0.1, -0.05) is 24.6 Å². The average Bonchev–Trinajstić information content (AvgIpc) is 2.55. The van der Waals surface area contributed by atoms with Crippen LogP contribution >= 0.6 is 0 Å². The Morgan fingerprint density at radius 1 is 1.04 bits per heavy atom. The first-order chi connectivity index (χ1) is 10.7. The molecule has 1 nitrogen and oxygen atoms in total. The van der Waals surface area contributed by atoms with Crippen LogP contribution in [0.5, 0.6) is 0 Å². The molecule has 2 heteroatoms. The topological polar surface area (TPSA) is 20.2 Å². The van der Waals surface area contributed by atoms with Gasteiger partial charge in [-0.25, -0.2) is 0 Å². The number of hydrogen-bond donors (Lipinski definition) is 1. The zero-order valence-electron chi connectivity index (χ0n) is 14.9. The van der Waals surface area contributed by atoms with Crippen molar-refractivity contribution < 1.29 is 37.8 Å². The van der Waals surface area contributed by atoms with E-state index in [9.17, 15) is 5.11 Å². The minimum atomic E-state index is -0.0745. The summed E-state index contributed by atoms with van der Waals surface area (Å²) < 4.78 is 0. The van der Waals surface area contributed by atoms with Crippen molar-refractivity contribution in [2.45, 2.75) is 77.2 Å². The number of aliphatic hydroxyl groups excluding tert-OH is 1. The van der Waals surface area contributed by atoms with Crippen molar-refractivity contribution in [3.63, 3.8) is 0 Å². The third kappa shape index (κ3) is 5.02. The monoisotopic (exact) mass is 391 g/mol. The van der Waals surface area contributed by atoms with Crippen LogP contribution in [0.25, 0.3) is 0 Å². The molecule has 0 heterocycles. The molecule has 1 radical (unpaired) electrons. The number of allylic oxidation sites excluding steroid dienone is 2. The van der Waals surface area contributed by atoms with Crippen LogP contribution in [0.15, 0.2) is 24.3 Å². The Bertz CT molecular complexity index is 408. The van der Waals surface area contributed by atoms with Crippen molar-refractivity contribution >= 4 is 0 Å². The Kier molecular flexibility index (Phi) is 8.03. The van der Waals surface area contributed by atoms with Gasteiger partial charge in [-0.3, -0.25) is 0 Å². The van der Waals surface area contributed by atoms with E-state index in [-0.39, 0.29) is 38.8 Å².